The van der Waals surface area contributed by atoms with Crippen molar-refractivity contribution in [2.75, 3.05) is 0 Å². The number of fused-ring (bicyclic) bond motifs is 1. The minimum absolute atomic E-state index is 0.929. The molecule has 0 aliphatic rings. The molecule has 0 aliphatic heterocycles. The fraction of sp³-hybridized carbons (Fsp3) is 0.143. The van der Waals surface area contributed by atoms with Gasteiger partial charge in [-0.3, -0.25) is 5.10 Å². The highest BCUT2D eigenvalue weighted by Gasteiger charge is 1.97. The zero-order valence-electron chi connectivity index (χ0n) is 5.55. The van der Waals surface area contributed by atoms with E-state index in [9.17, 15) is 0 Å². The van der Waals surface area contributed by atoms with Gasteiger partial charge >= 0.3 is 0 Å². The molecule has 0 atom stereocenters. The van der Waals surface area contributed by atoms with Crippen LogP contribution in [0.5, 0.6) is 0 Å². The minimum atomic E-state index is 0.929. The Bertz CT molecular complexity index is 350. The van der Waals surface area contributed by atoms with E-state index in [0.29, 0.717) is 0 Å². The number of hydrogen-bond donors (Lipinski definition) is 1. The van der Waals surface area contributed by atoms with E-state index in [4.69, 9.17) is 0 Å². The molecule has 0 saturated heterocycles. The summed E-state index contributed by atoms with van der Waals surface area (Å²) in [5, 5.41) is 10.3. The lowest BCUT2D eigenvalue weighted by molar-refractivity contribution is 0.958. The fourth-order valence-electron chi connectivity index (χ4n) is 0.946. The van der Waals surface area contributed by atoms with Crippen molar-refractivity contribution in [3.05, 3.63) is 23.8 Å². The third-order valence-electron chi connectivity index (χ3n) is 1.48. The Labute approximate surface area is 58.1 Å². The maximum Gasteiger partial charge on any atom is 0.115 e. The SMILES string of the molecule is Cc1c[c]cc2[nH]nnc12. The van der Waals surface area contributed by atoms with E-state index in [1.165, 1.54) is 0 Å². The highest BCUT2D eigenvalue weighted by molar-refractivity contribution is 5.76. The van der Waals surface area contributed by atoms with Crippen LogP contribution in [0.15, 0.2) is 12.1 Å². The summed E-state index contributed by atoms with van der Waals surface area (Å²) >= 11 is 0. The first kappa shape index (κ1) is 5.41. The molecule has 1 aromatic heterocycles. The van der Waals surface area contributed by atoms with E-state index in [2.05, 4.69) is 21.5 Å². The topological polar surface area (TPSA) is 41.6 Å². The smallest absolute Gasteiger partial charge is 0.115 e. The van der Waals surface area contributed by atoms with Crippen molar-refractivity contribution >= 4 is 11.0 Å². The van der Waals surface area contributed by atoms with Crippen LogP contribution in [0.1, 0.15) is 5.56 Å². The Kier molecular flexibility index (Phi) is 0.974. The molecule has 0 amide bonds. The van der Waals surface area contributed by atoms with Gasteiger partial charge in [-0.1, -0.05) is 5.21 Å². The molecule has 2 rings (SSSR count). The monoisotopic (exact) mass is 132 g/mol. The van der Waals surface area contributed by atoms with Gasteiger partial charge < -0.3 is 0 Å². The first-order valence-corrected chi connectivity index (χ1v) is 3.05. The lowest BCUT2D eigenvalue weighted by Crippen LogP contribution is -1.74. The first-order chi connectivity index (χ1) is 4.88. The molecule has 10 heavy (non-hydrogen) atoms. The number of rotatable bonds is 0. The van der Waals surface area contributed by atoms with E-state index >= 15 is 0 Å². The first-order valence-electron chi connectivity index (χ1n) is 3.05. The lowest BCUT2D eigenvalue weighted by Gasteiger charge is -1.88. The molecule has 49 valence electrons. The highest BCUT2D eigenvalue weighted by Crippen LogP contribution is 2.10. The molecule has 0 bridgehead atoms. The molecule has 0 spiro atoms. The number of aromatic nitrogens is 3. The van der Waals surface area contributed by atoms with E-state index in [1.807, 2.05) is 19.1 Å². The van der Waals surface area contributed by atoms with Gasteiger partial charge in [-0.2, -0.15) is 0 Å². The standard InChI is InChI=1S/C7H6N3/c1-5-3-2-4-6-7(5)9-10-8-6/h3-4H,1H3,(H,8,9,10). The molecule has 1 N–H and O–H groups in total. The van der Waals surface area contributed by atoms with Crippen LogP contribution in [-0.2, 0) is 0 Å². The Morgan fingerprint density at radius 2 is 2.40 bits per heavy atom. The van der Waals surface area contributed by atoms with Gasteiger partial charge in [0.05, 0.1) is 5.52 Å². The third-order valence-corrected chi connectivity index (χ3v) is 1.48. The van der Waals surface area contributed by atoms with Crippen molar-refractivity contribution in [1.29, 1.82) is 0 Å². The number of H-pyrrole nitrogens is 1. The lowest BCUT2D eigenvalue weighted by atomic mass is 10.2. The second kappa shape index (κ2) is 1.80. The second-order valence-corrected chi connectivity index (χ2v) is 2.21. The molecular weight excluding hydrogens is 126 g/mol. The summed E-state index contributed by atoms with van der Waals surface area (Å²) < 4.78 is 0. The number of nitrogens with zero attached hydrogens (tertiary/aromatic N) is 2. The zero-order valence-corrected chi connectivity index (χ0v) is 5.55. The molecule has 0 fully saturated rings. The van der Waals surface area contributed by atoms with Crippen molar-refractivity contribution in [1.82, 2.24) is 15.4 Å². The van der Waals surface area contributed by atoms with Gasteiger partial charge in [-0.25, -0.2) is 0 Å². The van der Waals surface area contributed by atoms with Crippen LogP contribution in [0.2, 0.25) is 0 Å². The van der Waals surface area contributed by atoms with Crippen LogP contribution in [-0.4, -0.2) is 15.4 Å². The van der Waals surface area contributed by atoms with Crippen molar-refractivity contribution in [2.45, 2.75) is 6.92 Å². The van der Waals surface area contributed by atoms with Crippen molar-refractivity contribution in [2.24, 2.45) is 0 Å². The molecule has 0 aliphatic carbocycles. The summed E-state index contributed by atoms with van der Waals surface area (Å²) in [6.45, 7) is 1.99. The number of aryl methyl sites for hydroxylation is 1. The van der Waals surface area contributed by atoms with Gasteiger partial charge in [-0.05, 0) is 30.7 Å². The molecule has 3 heteroatoms. The maximum atomic E-state index is 3.89. The normalized spacial score (nSPS) is 10.5. The summed E-state index contributed by atoms with van der Waals surface area (Å²) in [6, 6.07) is 6.71. The largest absolute Gasteiger partial charge is 0.258 e. The number of hydrogen-bond acceptors (Lipinski definition) is 2. The van der Waals surface area contributed by atoms with Crippen molar-refractivity contribution in [3.63, 3.8) is 0 Å². The van der Waals surface area contributed by atoms with Gasteiger partial charge in [0.15, 0.2) is 0 Å². The second-order valence-electron chi connectivity index (χ2n) is 2.21. The minimum Gasteiger partial charge on any atom is -0.258 e. The van der Waals surface area contributed by atoms with E-state index in [0.717, 1.165) is 16.6 Å². The number of nitrogens with one attached hydrogen (secondary N) is 1. The Morgan fingerprint density at radius 1 is 1.50 bits per heavy atom. The average Bonchev–Trinajstić information content (AvgIpc) is 2.36. The molecule has 1 radical (unpaired) electrons. The molecule has 0 saturated carbocycles. The molecule has 1 aromatic carbocycles. The molecule has 1 heterocycles. The zero-order chi connectivity index (χ0) is 6.97. The van der Waals surface area contributed by atoms with Crippen molar-refractivity contribution < 1.29 is 0 Å². The van der Waals surface area contributed by atoms with Gasteiger partial charge in [0.1, 0.15) is 5.52 Å². The van der Waals surface area contributed by atoms with Crippen molar-refractivity contribution in [3.8, 4) is 0 Å². The van der Waals surface area contributed by atoms with Crippen LogP contribution in [0.4, 0.5) is 0 Å². The molecular formula is C7H6N3. The highest BCUT2D eigenvalue weighted by atomic mass is 15.3. The Balaban J connectivity index is 2.95. The third kappa shape index (κ3) is 0.603. The van der Waals surface area contributed by atoms with Gasteiger partial charge in [0, 0.05) is 0 Å². The maximum absolute atomic E-state index is 3.89. The predicted molar refractivity (Wildman–Crippen MR) is 37.5 cm³/mol. The van der Waals surface area contributed by atoms with Gasteiger partial charge in [0.2, 0.25) is 0 Å². The van der Waals surface area contributed by atoms with Crippen LogP contribution < -0.4 is 0 Å². The fourth-order valence-corrected chi connectivity index (χ4v) is 0.946. The number of aromatic amines is 1. The predicted octanol–water partition coefficient (Wildman–Crippen LogP) is 1.07. The quantitative estimate of drug-likeness (QED) is 0.582. The number of benzene rings is 1. The van der Waals surface area contributed by atoms with E-state index < -0.39 is 0 Å². The van der Waals surface area contributed by atoms with Gasteiger partial charge in [-0.15, -0.1) is 5.10 Å². The summed E-state index contributed by atoms with van der Waals surface area (Å²) in [7, 11) is 0. The molecule has 0 unspecified atom stereocenters. The summed E-state index contributed by atoms with van der Waals surface area (Å²) in [6.07, 6.45) is 0. The summed E-state index contributed by atoms with van der Waals surface area (Å²) in [5.41, 5.74) is 2.98. The van der Waals surface area contributed by atoms with Gasteiger partial charge in [0.25, 0.3) is 0 Å². The summed E-state index contributed by atoms with van der Waals surface area (Å²) in [4.78, 5) is 0. The van der Waals surface area contributed by atoms with Crippen LogP contribution in [0.25, 0.3) is 11.0 Å². The Hall–Kier alpha value is -1.38. The van der Waals surface area contributed by atoms with Crippen LogP contribution >= 0.6 is 0 Å². The van der Waals surface area contributed by atoms with Crippen LogP contribution in [0, 0.1) is 13.0 Å². The van der Waals surface area contributed by atoms with E-state index in [-0.39, 0.29) is 0 Å². The summed E-state index contributed by atoms with van der Waals surface area (Å²) in [5.74, 6) is 0. The molecule has 3 nitrogen and oxygen atoms in total. The van der Waals surface area contributed by atoms with E-state index in [1.54, 1.807) is 0 Å². The molecule has 2 aromatic rings. The van der Waals surface area contributed by atoms with Crippen LogP contribution in [0.3, 0.4) is 0 Å². The average molecular weight is 132 g/mol. The Morgan fingerprint density at radius 3 is 3.20 bits per heavy atom.